The Balaban J connectivity index is 1.04. The van der Waals surface area contributed by atoms with E-state index in [4.69, 9.17) is 16.3 Å². The number of rotatable bonds is 12. The third-order valence-corrected chi connectivity index (χ3v) is 14.2. The second-order valence-electron chi connectivity index (χ2n) is 17.5. The maximum atomic E-state index is 14.0. The zero-order chi connectivity index (χ0) is 43.8. The fraction of sp³-hybridized carbons (Fsp3) is 0.362. The van der Waals surface area contributed by atoms with Crippen molar-refractivity contribution in [1.29, 1.82) is 0 Å². The minimum atomic E-state index is -4.56. The maximum Gasteiger partial charge on any atom is 0.293 e. The van der Waals surface area contributed by atoms with E-state index in [0.717, 1.165) is 98.9 Å². The summed E-state index contributed by atoms with van der Waals surface area (Å²) in [5.74, 6) is -0.448. The molecule has 5 aromatic rings. The predicted octanol–water partition coefficient (Wildman–Crippen LogP) is 9.32. The molecule has 1 fully saturated rings. The average molecular weight is 878 g/mol. The Hall–Kier alpha value is -5.54. The van der Waals surface area contributed by atoms with Crippen molar-refractivity contribution in [3.8, 4) is 11.5 Å². The van der Waals surface area contributed by atoms with E-state index >= 15 is 0 Å². The van der Waals surface area contributed by atoms with Crippen molar-refractivity contribution in [2.45, 2.75) is 63.3 Å². The number of piperidine rings is 1. The number of nitrogens with zero attached hydrogens (tertiary/aromatic N) is 5. The molecule has 3 aromatic carbocycles. The second-order valence-corrected chi connectivity index (χ2v) is 19.7. The van der Waals surface area contributed by atoms with Gasteiger partial charge in [0.25, 0.3) is 21.6 Å². The summed E-state index contributed by atoms with van der Waals surface area (Å²) < 4.78 is 36.0. The molecule has 13 nitrogen and oxygen atoms in total. The molecule has 0 unspecified atom stereocenters. The van der Waals surface area contributed by atoms with Gasteiger partial charge in [-0.15, -0.1) is 0 Å². The van der Waals surface area contributed by atoms with Crippen LogP contribution < -0.4 is 14.4 Å². The number of ether oxygens (including phenoxy) is 1. The lowest BCUT2D eigenvalue weighted by molar-refractivity contribution is -0.384. The number of nitrogens with one attached hydrogen (secondary N) is 2. The molecule has 3 aliphatic rings. The summed E-state index contributed by atoms with van der Waals surface area (Å²) >= 11 is 6.24. The van der Waals surface area contributed by atoms with Crippen LogP contribution in [0.2, 0.25) is 5.02 Å². The summed E-state index contributed by atoms with van der Waals surface area (Å²) in [5.41, 5.74) is 6.83. The van der Waals surface area contributed by atoms with Gasteiger partial charge in [0.05, 0.1) is 21.6 Å². The number of likely N-dealkylation sites (tertiary alicyclic amines) is 1. The van der Waals surface area contributed by atoms with E-state index in [9.17, 15) is 23.3 Å². The number of carbonyl (C=O) groups is 1. The molecule has 2 aliphatic heterocycles. The number of benzene rings is 3. The van der Waals surface area contributed by atoms with Crippen LogP contribution in [0.4, 0.5) is 11.4 Å². The van der Waals surface area contributed by atoms with Gasteiger partial charge in [-0.1, -0.05) is 55.3 Å². The number of aromatic amines is 1. The van der Waals surface area contributed by atoms with Crippen LogP contribution in [-0.4, -0.2) is 91.9 Å². The molecular weight excluding hydrogens is 826 g/mol. The Morgan fingerprint density at radius 1 is 1.03 bits per heavy atom. The number of halogens is 1. The van der Waals surface area contributed by atoms with Gasteiger partial charge in [-0.2, -0.15) is 0 Å². The number of nitro benzene ring substituents is 1. The molecule has 62 heavy (non-hydrogen) atoms. The largest absolute Gasteiger partial charge is 0.455 e. The Morgan fingerprint density at radius 3 is 2.52 bits per heavy atom. The van der Waals surface area contributed by atoms with E-state index in [1.165, 1.54) is 35.0 Å². The van der Waals surface area contributed by atoms with Crippen LogP contribution in [0.3, 0.4) is 0 Å². The highest BCUT2D eigenvalue weighted by Gasteiger charge is 2.31. The molecule has 15 heteroatoms. The summed E-state index contributed by atoms with van der Waals surface area (Å²) in [4.78, 5) is 39.3. The SMILES string of the molecule is CN1CCC(N(C)c2ccc(S(=O)(=O)NC(=O)c3ccc(C4=CCN(CC5=C(c6ccc(Cl)cc6)CC(C)(C)CC5)CC4)cc3Oc3cnc4[nH]ccc4c3)cc2[N+](=O)[O-])CC1. The summed E-state index contributed by atoms with van der Waals surface area (Å²) in [5, 5.41) is 13.8. The van der Waals surface area contributed by atoms with Crippen molar-refractivity contribution < 1.29 is 22.9 Å². The van der Waals surface area contributed by atoms with E-state index in [0.29, 0.717) is 17.1 Å². The fourth-order valence-electron chi connectivity index (χ4n) is 8.88. The average Bonchev–Trinajstić information content (AvgIpc) is 3.72. The van der Waals surface area contributed by atoms with Crippen LogP contribution in [0.1, 0.15) is 73.9 Å². The van der Waals surface area contributed by atoms with Crippen molar-refractivity contribution in [3.63, 3.8) is 0 Å². The third kappa shape index (κ3) is 9.58. The first-order chi connectivity index (χ1) is 29.6. The van der Waals surface area contributed by atoms with Gasteiger partial charge in [0, 0.05) is 55.4 Å². The van der Waals surface area contributed by atoms with Gasteiger partial charge in [0.1, 0.15) is 22.8 Å². The van der Waals surface area contributed by atoms with Crippen molar-refractivity contribution in [2.75, 3.05) is 51.7 Å². The van der Waals surface area contributed by atoms with Crippen LogP contribution in [0.25, 0.3) is 22.2 Å². The topological polar surface area (TPSA) is 154 Å². The number of H-pyrrole nitrogens is 1. The first-order valence-electron chi connectivity index (χ1n) is 21.0. The Bertz CT molecular complexity index is 2690. The monoisotopic (exact) mass is 877 g/mol. The first-order valence-corrected chi connectivity index (χ1v) is 22.9. The minimum absolute atomic E-state index is 0.0282. The van der Waals surface area contributed by atoms with Gasteiger partial charge in [-0.05, 0) is 135 Å². The molecule has 1 saturated heterocycles. The Kier molecular flexibility index (Phi) is 12.3. The third-order valence-electron chi connectivity index (χ3n) is 12.6. The van der Waals surface area contributed by atoms with E-state index in [2.05, 4.69) is 56.5 Å². The van der Waals surface area contributed by atoms with Gasteiger partial charge in [-0.25, -0.2) is 18.1 Å². The Labute approximate surface area is 367 Å². The molecule has 2 N–H and O–H groups in total. The first kappa shape index (κ1) is 43.1. The zero-order valence-corrected chi connectivity index (χ0v) is 37.1. The smallest absolute Gasteiger partial charge is 0.293 e. The number of carbonyl (C=O) groups excluding carboxylic acids is 1. The van der Waals surface area contributed by atoms with Crippen LogP contribution >= 0.6 is 11.6 Å². The molecule has 324 valence electrons. The number of sulfonamides is 1. The van der Waals surface area contributed by atoms with E-state index in [1.807, 2.05) is 30.1 Å². The summed E-state index contributed by atoms with van der Waals surface area (Å²) in [6.45, 7) is 8.81. The number of hydrogen-bond donors (Lipinski definition) is 2. The number of hydrogen-bond acceptors (Lipinski definition) is 10. The van der Waals surface area contributed by atoms with E-state index < -0.39 is 25.7 Å². The summed E-state index contributed by atoms with van der Waals surface area (Å²) in [7, 11) is -0.733. The van der Waals surface area contributed by atoms with Crippen molar-refractivity contribution in [1.82, 2.24) is 24.5 Å². The van der Waals surface area contributed by atoms with Crippen molar-refractivity contribution in [3.05, 3.63) is 129 Å². The normalized spacial score (nSPS) is 17.8. The van der Waals surface area contributed by atoms with Crippen molar-refractivity contribution in [2.24, 2.45) is 5.41 Å². The van der Waals surface area contributed by atoms with Gasteiger partial charge < -0.3 is 19.5 Å². The number of allylic oxidation sites excluding steroid dienone is 1. The summed E-state index contributed by atoms with van der Waals surface area (Å²) in [6.07, 6.45) is 11.1. The van der Waals surface area contributed by atoms with Gasteiger partial charge >= 0.3 is 0 Å². The molecule has 4 heterocycles. The van der Waals surface area contributed by atoms with Crippen LogP contribution in [0.15, 0.2) is 102 Å². The molecule has 1 aliphatic carbocycles. The molecule has 0 atom stereocenters. The van der Waals surface area contributed by atoms with Crippen LogP contribution in [0, 0.1) is 15.5 Å². The van der Waals surface area contributed by atoms with Crippen LogP contribution in [0.5, 0.6) is 11.5 Å². The minimum Gasteiger partial charge on any atom is -0.455 e. The fourth-order valence-corrected chi connectivity index (χ4v) is 9.99. The molecule has 0 spiro atoms. The number of nitro groups is 1. The number of fused-ring (bicyclic) bond motifs is 1. The molecule has 0 bridgehead atoms. The zero-order valence-electron chi connectivity index (χ0n) is 35.5. The molecule has 1 amide bonds. The van der Waals surface area contributed by atoms with Gasteiger partial charge in [-0.3, -0.25) is 19.8 Å². The highest BCUT2D eigenvalue weighted by Crippen LogP contribution is 2.44. The second kappa shape index (κ2) is 17.7. The van der Waals surface area contributed by atoms with E-state index in [1.54, 1.807) is 37.5 Å². The van der Waals surface area contributed by atoms with E-state index in [-0.39, 0.29) is 28.5 Å². The lowest BCUT2D eigenvalue weighted by Gasteiger charge is -2.36. The number of amides is 1. The van der Waals surface area contributed by atoms with Gasteiger partial charge in [0.15, 0.2) is 0 Å². The summed E-state index contributed by atoms with van der Waals surface area (Å²) in [6, 6.07) is 20.7. The molecule has 8 rings (SSSR count). The predicted molar refractivity (Wildman–Crippen MR) is 244 cm³/mol. The number of anilines is 1. The molecule has 2 aromatic heterocycles. The van der Waals surface area contributed by atoms with Crippen molar-refractivity contribution >= 4 is 61.1 Å². The lowest BCUT2D eigenvalue weighted by atomic mass is 9.72. The molecule has 0 radical (unpaired) electrons. The van der Waals surface area contributed by atoms with Crippen LogP contribution in [-0.2, 0) is 10.0 Å². The quantitative estimate of drug-likeness (QED) is 0.0916. The molecular formula is C47H52ClN7O6S. The number of aromatic nitrogens is 2. The highest BCUT2D eigenvalue weighted by molar-refractivity contribution is 7.90. The molecule has 0 saturated carbocycles. The van der Waals surface area contributed by atoms with Gasteiger partial charge in [0.2, 0.25) is 0 Å². The maximum absolute atomic E-state index is 14.0. The lowest BCUT2D eigenvalue weighted by Crippen LogP contribution is -2.42. The standard InChI is InChI=1S/C47H52ClN7O6S/c1-47(2)19-13-35(41(28-47)32-5-8-36(48)9-6-32)30-54-23-15-31(16-24-54)33-7-11-40(44(26-33)61-38-25-34-14-20-49-45(34)50-29-38)46(56)51-62(59,60)39-10-12-42(43(27-39)55(57)58)53(4)37-17-21-52(3)22-18-37/h5-12,14-15,20,25-27,29,37H,13,16-19,21-24,28,30H2,1-4H3,(H,49,50)(H,51,56). The number of pyridine rings is 1. The Morgan fingerprint density at radius 2 is 1.79 bits per heavy atom. The highest BCUT2D eigenvalue weighted by atomic mass is 35.5.